The number of rotatable bonds is 4. The first kappa shape index (κ1) is 12.5. The van der Waals surface area contributed by atoms with Crippen LogP contribution in [0.5, 0.6) is 0 Å². The lowest BCUT2D eigenvalue weighted by Gasteiger charge is -2.16. The first-order chi connectivity index (χ1) is 7.63. The molecular weight excluding hydrogens is 210 g/mol. The van der Waals surface area contributed by atoms with E-state index in [4.69, 9.17) is 15.2 Å². The molecule has 0 atom stereocenters. The Balaban J connectivity index is 3.04. The van der Waals surface area contributed by atoms with Crippen LogP contribution in [-0.2, 0) is 14.2 Å². The molecule has 0 unspecified atom stereocenters. The fourth-order valence-electron chi connectivity index (χ4n) is 1.38. The summed E-state index contributed by atoms with van der Waals surface area (Å²) in [5.41, 5.74) is 7.30. The minimum absolute atomic E-state index is 0.398. The third-order valence-corrected chi connectivity index (χ3v) is 2.19. The summed E-state index contributed by atoms with van der Waals surface area (Å²) in [5, 5.41) is 0. The maximum Gasteiger partial charge on any atom is 0.337 e. The van der Waals surface area contributed by atoms with Crippen LogP contribution in [0.3, 0.4) is 0 Å². The Kier molecular flexibility index (Phi) is 4.28. The number of nitrogen functional groups attached to an aromatic ring is 1. The molecule has 0 aliphatic rings. The van der Waals surface area contributed by atoms with Gasteiger partial charge >= 0.3 is 5.97 Å². The van der Waals surface area contributed by atoms with E-state index in [0.29, 0.717) is 16.8 Å². The van der Waals surface area contributed by atoms with Crippen molar-refractivity contribution < 1.29 is 19.0 Å². The van der Waals surface area contributed by atoms with Gasteiger partial charge in [-0.2, -0.15) is 0 Å². The molecule has 5 nitrogen and oxygen atoms in total. The Morgan fingerprint density at radius 1 is 1.25 bits per heavy atom. The van der Waals surface area contributed by atoms with Crippen LogP contribution in [0.15, 0.2) is 18.2 Å². The molecule has 0 aliphatic heterocycles. The van der Waals surface area contributed by atoms with E-state index in [9.17, 15) is 4.79 Å². The van der Waals surface area contributed by atoms with Crippen LogP contribution in [-0.4, -0.2) is 27.3 Å². The summed E-state index contributed by atoms with van der Waals surface area (Å²) in [7, 11) is 4.35. The van der Waals surface area contributed by atoms with Crippen molar-refractivity contribution in [1.82, 2.24) is 0 Å². The van der Waals surface area contributed by atoms with Gasteiger partial charge in [-0.1, -0.05) is 6.07 Å². The number of carbonyl (C=O) groups is 1. The Morgan fingerprint density at radius 3 is 2.31 bits per heavy atom. The van der Waals surface area contributed by atoms with Gasteiger partial charge in [-0.25, -0.2) is 4.79 Å². The van der Waals surface area contributed by atoms with Gasteiger partial charge in [0.2, 0.25) is 0 Å². The number of carbonyl (C=O) groups excluding carboxylic acids is 1. The lowest BCUT2D eigenvalue weighted by atomic mass is 10.1. The summed E-state index contributed by atoms with van der Waals surface area (Å²) in [4.78, 5) is 11.2. The Morgan fingerprint density at radius 2 is 1.88 bits per heavy atom. The Bertz CT molecular complexity index is 374. The number of benzene rings is 1. The second kappa shape index (κ2) is 5.48. The highest BCUT2D eigenvalue weighted by Crippen LogP contribution is 2.24. The van der Waals surface area contributed by atoms with Crippen molar-refractivity contribution in [3.8, 4) is 0 Å². The molecule has 1 aromatic rings. The highest BCUT2D eigenvalue weighted by Gasteiger charge is 2.14. The maximum absolute atomic E-state index is 11.2. The summed E-state index contributed by atoms with van der Waals surface area (Å²) >= 11 is 0. The highest BCUT2D eigenvalue weighted by molar-refractivity contribution is 5.90. The molecule has 0 spiro atoms. The molecule has 0 bridgehead atoms. The highest BCUT2D eigenvalue weighted by atomic mass is 16.7. The van der Waals surface area contributed by atoms with Crippen LogP contribution >= 0.6 is 0 Å². The molecule has 0 saturated heterocycles. The van der Waals surface area contributed by atoms with Gasteiger partial charge < -0.3 is 19.9 Å². The average molecular weight is 225 g/mol. The molecule has 0 radical (unpaired) electrons. The monoisotopic (exact) mass is 225 g/mol. The molecule has 2 N–H and O–H groups in total. The second-order valence-corrected chi connectivity index (χ2v) is 3.14. The van der Waals surface area contributed by atoms with E-state index in [1.807, 2.05) is 0 Å². The normalized spacial score (nSPS) is 10.5. The zero-order valence-electron chi connectivity index (χ0n) is 9.52. The van der Waals surface area contributed by atoms with Gasteiger partial charge in [0.05, 0.1) is 12.7 Å². The average Bonchev–Trinajstić information content (AvgIpc) is 2.31. The SMILES string of the molecule is COC(=O)c1ccc(C(OC)OC)c(N)c1. The van der Waals surface area contributed by atoms with Gasteiger partial charge in [-0.3, -0.25) is 0 Å². The number of hydrogen-bond donors (Lipinski definition) is 1. The van der Waals surface area contributed by atoms with Crippen molar-refractivity contribution in [3.63, 3.8) is 0 Å². The number of anilines is 1. The first-order valence-corrected chi connectivity index (χ1v) is 4.67. The van der Waals surface area contributed by atoms with Crippen molar-refractivity contribution in [1.29, 1.82) is 0 Å². The molecule has 16 heavy (non-hydrogen) atoms. The smallest absolute Gasteiger partial charge is 0.337 e. The van der Waals surface area contributed by atoms with Crippen LogP contribution in [0.1, 0.15) is 22.2 Å². The zero-order valence-corrected chi connectivity index (χ0v) is 9.52. The van der Waals surface area contributed by atoms with Gasteiger partial charge in [0.25, 0.3) is 0 Å². The van der Waals surface area contributed by atoms with Crippen LogP contribution in [0, 0.1) is 0 Å². The molecule has 0 saturated carbocycles. The van der Waals surface area contributed by atoms with E-state index in [1.165, 1.54) is 27.4 Å². The molecular formula is C11H15NO4. The standard InChI is InChI=1S/C11H15NO4/c1-14-10(13)7-4-5-8(9(12)6-7)11(15-2)16-3/h4-6,11H,12H2,1-3H3. The van der Waals surface area contributed by atoms with Gasteiger partial charge in [-0.05, 0) is 12.1 Å². The van der Waals surface area contributed by atoms with Crippen LogP contribution in [0.2, 0.25) is 0 Å². The molecule has 1 rings (SSSR count). The molecule has 0 fully saturated rings. The van der Waals surface area contributed by atoms with E-state index in [0.717, 1.165) is 0 Å². The second-order valence-electron chi connectivity index (χ2n) is 3.14. The van der Waals surface area contributed by atoms with E-state index in [2.05, 4.69) is 4.74 Å². The summed E-state index contributed by atoms with van der Waals surface area (Å²) in [6.07, 6.45) is -0.535. The molecule has 0 amide bonds. The van der Waals surface area contributed by atoms with Crippen molar-refractivity contribution in [3.05, 3.63) is 29.3 Å². The van der Waals surface area contributed by atoms with Gasteiger partial charge in [0.1, 0.15) is 0 Å². The van der Waals surface area contributed by atoms with E-state index < -0.39 is 12.3 Å². The quantitative estimate of drug-likeness (QED) is 0.475. The summed E-state index contributed by atoms with van der Waals surface area (Å²) in [5.74, 6) is -0.426. The van der Waals surface area contributed by atoms with E-state index in [1.54, 1.807) is 12.1 Å². The minimum atomic E-state index is -0.535. The molecule has 0 heterocycles. The molecule has 88 valence electrons. The summed E-state index contributed by atoms with van der Waals surface area (Å²) < 4.78 is 14.7. The van der Waals surface area contributed by atoms with Gasteiger partial charge in [-0.15, -0.1) is 0 Å². The van der Waals surface area contributed by atoms with E-state index >= 15 is 0 Å². The van der Waals surface area contributed by atoms with Crippen LogP contribution < -0.4 is 5.73 Å². The predicted octanol–water partition coefficient (Wildman–Crippen LogP) is 1.35. The lowest BCUT2D eigenvalue weighted by molar-refractivity contribution is -0.105. The Hall–Kier alpha value is -1.59. The first-order valence-electron chi connectivity index (χ1n) is 4.67. The fourth-order valence-corrected chi connectivity index (χ4v) is 1.38. The molecule has 0 aromatic heterocycles. The van der Waals surface area contributed by atoms with Crippen LogP contribution in [0.4, 0.5) is 5.69 Å². The van der Waals surface area contributed by atoms with Crippen molar-refractivity contribution in [2.45, 2.75) is 6.29 Å². The lowest BCUT2D eigenvalue weighted by Crippen LogP contribution is -2.09. The van der Waals surface area contributed by atoms with Crippen molar-refractivity contribution >= 4 is 11.7 Å². The third kappa shape index (κ3) is 2.50. The van der Waals surface area contributed by atoms with Crippen molar-refractivity contribution in [2.24, 2.45) is 0 Å². The number of hydrogen-bond acceptors (Lipinski definition) is 5. The fraction of sp³-hybridized carbons (Fsp3) is 0.364. The van der Waals surface area contributed by atoms with E-state index in [-0.39, 0.29) is 0 Å². The van der Waals surface area contributed by atoms with Gasteiger partial charge in [0.15, 0.2) is 6.29 Å². The van der Waals surface area contributed by atoms with Crippen LogP contribution in [0.25, 0.3) is 0 Å². The molecule has 5 heteroatoms. The minimum Gasteiger partial charge on any atom is -0.465 e. The number of ether oxygens (including phenoxy) is 3. The molecule has 0 aliphatic carbocycles. The number of nitrogens with two attached hydrogens (primary N) is 1. The third-order valence-electron chi connectivity index (χ3n) is 2.19. The Labute approximate surface area is 94.1 Å². The van der Waals surface area contributed by atoms with Gasteiger partial charge in [0, 0.05) is 25.5 Å². The summed E-state index contributed by atoms with van der Waals surface area (Å²) in [6, 6.07) is 4.83. The zero-order chi connectivity index (χ0) is 12.1. The predicted molar refractivity (Wildman–Crippen MR) is 59.0 cm³/mol. The molecule has 1 aromatic carbocycles. The number of esters is 1. The summed E-state index contributed by atoms with van der Waals surface area (Å²) in [6.45, 7) is 0. The maximum atomic E-state index is 11.2. The topological polar surface area (TPSA) is 70.8 Å². The largest absolute Gasteiger partial charge is 0.465 e. The van der Waals surface area contributed by atoms with Crippen molar-refractivity contribution in [2.75, 3.05) is 27.1 Å². The number of methoxy groups -OCH3 is 3.